The number of nitrogens with two attached hydrogens (primary N) is 1. The number of nitrogens with one attached hydrogen (secondary N) is 1. The summed E-state index contributed by atoms with van der Waals surface area (Å²) in [6, 6.07) is 10.3. The van der Waals surface area contributed by atoms with Crippen molar-refractivity contribution in [3.63, 3.8) is 0 Å². The topological polar surface area (TPSA) is 101 Å². The zero-order valence-corrected chi connectivity index (χ0v) is 17.2. The molecule has 0 atom stereocenters. The molecule has 2 fully saturated rings. The van der Waals surface area contributed by atoms with Gasteiger partial charge in [-0.05, 0) is 42.9 Å². The smallest absolute Gasteiger partial charge is 0.255 e. The van der Waals surface area contributed by atoms with Crippen LogP contribution in [0.15, 0.2) is 36.5 Å². The quantitative estimate of drug-likeness (QED) is 0.699. The van der Waals surface area contributed by atoms with E-state index in [4.69, 9.17) is 10.5 Å². The van der Waals surface area contributed by atoms with E-state index in [1.165, 1.54) is 5.56 Å². The number of hydrogen-bond donors (Lipinski definition) is 3. The number of amides is 1. The van der Waals surface area contributed by atoms with E-state index in [0.29, 0.717) is 18.8 Å². The lowest BCUT2D eigenvalue weighted by atomic mass is 10.0. The maximum Gasteiger partial charge on any atom is 0.255 e. The number of likely N-dealkylation sites (tertiary alicyclic amines) is 1. The Morgan fingerprint density at radius 3 is 2.53 bits per heavy atom. The number of rotatable bonds is 5. The Balaban J connectivity index is 1.43. The predicted molar refractivity (Wildman–Crippen MR) is 116 cm³/mol. The summed E-state index contributed by atoms with van der Waals surface area (Å²) in [5, 5.41) is 12.7. The Bertz CT molecular complexity index is 857. The van der Waals surface area contributed by atoms with Gasteiger partial charge < -0.3 is 20.9 Å². The molecule has 1 aromatic carbocycles. The Kier molecular flexibility index (Phi) is 6.62. The molecule has 2 aromatic rings. The number of carbonyl (C=O) groups is 1. The number of piperidine rings is 1. The number of ether oxygens (including phenoxy) is 1. The Morgan fingerprint density at radius 1 is 1.13 bits per heavy atom. The molecule has 0 saturated carbocycles. The highest BCUT2D eigenvalue weighted by molar-refractivity contribution is 5.99. The van der Waals surface area contributed by atoms with Crippen LogP contribution in [0.3, 0.4) is 0 Å². The van der Waals surface area contributed by atoms with Gasteiger partial charge in [0.1, 0.15) is 5.82 Å². The molecule has 2 aliphatic rings. The summed E-state index contributed by atoms with van der Waals surface area (Å²) >= 11 is 0. The van der Waals surface area contributed by atoms with Crippen LogP contribution < -0.4 is 11.1 Å². The third kappa shape index (κ3) is 5.16. The second kappa shape index (κ2) is 9.55. The zero-order valence-electron chi connectivity index (χ0n) is 17.2. The molecule has 4 rings (SSSR count). The van der Waals surface area contributed by atoms with Gasteiger partial charge in [-0.3, -0.25) is 9.69 Å². The van der Waals surface area contributed by atoms with E-state index in [0.717, 1.165) is 56.4 Å². The molecule has 0 spiro atoms. The number of nitrogen functional groups attached to an aromatic ring is 1. The number of benzene rings is 1. The highest BCUT2D eigenvalue weighted by Crippen LogP contribution is 2.24. The van der Waals surface area contributed by atoms with Gasteiger partial charge >= 0.3 is 0 Å². The first-order valence-electron chi connectivity index (χ1n) is 10.7. The van der Waals surface area contributed by atoms with Crippen molar-refractivity contribution in [1.29, 1.82) is 0 Å². The van der Waals surface area contributed by atoms with Crippen LogP contribution in [0.1, 0.15) is 41.6 Å². The molecule has 30 heavy (non-hydrogen) atoms. The van der Waals surface area contributed by atoms with Gasteiger partial charge in [0, 0.05) is 50.7 Å². The van der Waals surface area contributed by atoms with Gasteiger partial charge in [0.25, 0.3) is 5.91 Å². The van der Waals surface area contributed by atoms with E-state index < -0.39 is 0 Å². The van der Waals surface area contributed by atoms with Crippen molar-refractivity contribution in [3.8, 4) is 11.1 Å². The van der Waals surface area contributed by atoms with Gasteiger partial charge in [-0.1, -0.05) is 24.3 Å². The fraction of sp³-hybridized carbons (Fsp3) is 0.478. The van der Waals surface area contributed by atoms with Crippen molar-refractivity contribution in [3.05, 3.63) is 47.7 Å². The largest absolute Gasteiger partial charge is 0.393 e. The van der Waals surface area contributed by atoms with E-state index in [9.17, 15) is 9.90 Å². The summed E-state index contributed by atoms with van der Waals surface area (Å²) in [4.78, 5) is 19.3. The monoisotopic (exact) mass is 410 g/mol. The molecule has 1 amide bonds. The minimum atomic E-state index is -0.183. The highest BCUT2D eigenvalue weighted by Gasteiger charge is 2.20. The second-order valence-corrected chi connectivity index (χ2v) is 8.22. The van der Waals surface area contributed by atoms with Crippen molar-refractivity contribution >= 4 is 11.7 Å². The van der Waals surface area contributed by atoms with E-state index >= 15 is 0 Å². The number of pyridine rings is 1. The van der Waals surface area contributed by atoms with Crippen LogP contribution in [0.4, 0.5) is 5.82 Å². The van der Waals surface area contributed by atoms with Crippen molar-refractivity contribution in [1.82, 2.24) is 15.2 Å². The van der Waals surface area contributed by atoms with Gasteiger partial charge in [0.2, 0.25) is 0 Å². The average Bonchev–Trinajstić information content (AvgIpc) is 2.77. The summed E-state index contributed by atoms with van der Waals surface area (Å²) in [5.74, 6) is 0.0601. The Labute approximate surface area is 177 Å². The van der Waals surface area contributed by atoms with Crippen LogP contribution in [-0.4, -0.2) is 59.3 Å². The Morgan fingerprint density at radius 2 is 1.83 bits per heavy atom. The molecule has 160 valence electrons. The molecule has 7 heteroatoms. The van der Waals surface area contributed by atoms with Crippen LogP contribution in [-0.2, 0) is 11.3 Å². The average molecular weight is 411 g/mol. The van der Waals surface area contributed by atoms with E-state index in [1.54, 1.807) is 6.20 Å². The zero-order chi connectivity index (χ0) is 20.9. The molecular formula is C23H30N4O3. The van der Waals surface area contributed by atoms with Crippen molar-refractivity contribution in [2.75, 3.05) is 32.0 Å². The highest BCUT2D eigenvalue weighted by atomic mass is 16.5. The summed E-state index contributed by atoms with van der Waals surface area (Å²) < 4.78 is 5.35. The molecule has 7 nitrogen and oxygen atoms in total. The van der Waals surface area contributed by atoms with Crippen LogP contribution >= 0.6 is 0 Å². The van der Waals surface area contributed by atoms with Crippen molar-refractivity contribution in [2.24, 2.45) is 0 Å². The Hall–Kier alpha value is -2.48. The van der Waals surface area contributed by atoms with E-state index in [-0.39, 0.29) is 23.9 Å². The first-order valence-corrected chi connectivity index (χ1v) is 10.7. The predicted octanol–water partition coefficient (Wildman–Crippen LogP) is 2.20. The summed E-state index contributed by atoms with van der Waals surface area (Å²) in [6.45, 7) is 4.07. The summed E-state index contributed by atoms with van der Waals surface area (Å²) in [7, 11) is 0. The van der Waals surface area contributed by atoms with Crippen molar-refractivity contribution < 1.29 is 14.6 Å². The van der Waals surface area contributed by atoms with Gasteiger partial charge in [-0.2, -0.15) is 0 Å². The lowest BCUT2D eigenvalue weighted by Crippen LogP contribution is -2.39. The molecule has 4 N–H and O–H groups in total. The molecule has 0 bridgehead atoms. The van der Waals surface area contributed by atoms with Crippen molar-refractivity contribution in [2.45, 2.75) is 44.4 Å². The van der Waals surface area contributed by atoms with Gasteiger partial charge in [0.15, 0.2) is 0 Å². The molecule has 2 aliphatic heterocycles. The fourth-order valence-electron chi connectivity index (χ4n) is 4.06. The number of carbonyl (C=O) groups excluding carboxylic acids is 1. The van der Waals surface area contributed by atoms with Crippen LogP contribution in [0.25, 0.3) is 11.1 Å². The second-order valence-electron chi connectivity index (χ2n) is 8.22. The molecular weight excluding hydrogens is 380 g/mol. The summed E-state index contributed by atoms with van der Waals surface area (Å²) in [5.41, 5.74) is 9.51. The normalized spacial score (nSPS) is 19.0. The van der Waals surface area contributed by atoms with Gasteiger partial charge in [0.05, 0.1) is 11.7 Å². The maximum absolute atomic E-state index is 12.7. The number of aliphatic hydroxyl groups excluding tert-OH is 1. The molecule has 1 aromatic heterocycles. The van der Waals surface area contributed by atoms with Crippen LogP contribution in [0.2, 0.25) is 0 Å². The third-order valence-electron chi connectivity index (χ3n) is 5.97. The SMILES string of the molecule is Nc1ncc(-c2ccc(CN3CCC(O)CC3)cc2)cc1C(=O)NC1CCOCC1. The lowest BCUT2D eigenvalue weighted by molar-refractivity contribution is 0.0696. The molecule has 0 aliphatic carbocycles. The van der Waals surface area contributed by atoms with Gasteiger partial charge in [-0.15, -0.1) is 0 Å². The van der Waals surface area contributed by atoms with Gasteiger partial charge in [-0.25, -0.2) is 4.98 Å². The minimum absolute atomic E-state index is 0.115. The number of nitrogens with zero attached hydrogens (tertiary/aromatic N) is 2. The molecule has 2 saturated heterocycles. The number of hydrogen-bond acceptors (Lipinski definition) is 6. The number of aliphatic hydroxyl groups is 1. The summed E-state index contributed by atoms with van der Waals surface area (Å²) in [6.07, 6.45) is 4.87. The van der Waals surface area contributed by atoms with Crippen LogP contribution in [0, 0.1) is 0 Å². The van der Waals surface area contributed by atoms with Crippen LogP contribution in [0.5, 0.6) is 0 Å². The first kappa shape index (κ1) is 20.8. The fourth-order valence-corrected chi connectivity index (χ4v) is 4.06. The number of anilines is 1. The van der Waals surface area contributed by atoms with E-state index in [2.05, 4.69) is 39.5 Å². The third-order valence-corrected chi connectivity index (χ3v) is 5.97. The lowest BCUT2D eigenvalue weighted by Gasteiger charge is -2.29. The molecule has 0 unspecified atom stereocenters. The standard InChI is InChI=1S/C23H30N4O3/c24-22-21(23(29)26-19-7-11-30-12-8-19)13-18(14-25-22)17-3-1-16(2-4-17)15-27-9-5-20(28)6-10-27/h1-4,13-14,19-20,28H,5-12,15H2,(H2,24,25)(H,26,29). The maximum atomic E-state index is 12.7. The molecule has 0 radical (unpaired) electrons. The van der Waals surface area contributed by atoms with E-state index in [1.807, 2.05) is 6.07 Å². The first-order chi connectivity index (χ1) is 14.6. The number of aromatic nitrogens is 1. The molecule has 3 heterocycles. The minimum Gasteiger partial charge on any atom is -0.393 e.